The zero-order valence-corrected chi connectivity index (χ0v) is 27.4. The Morgan fingerprint density at radius 1 is 1.04 bits per heavy atom. The molecule has 0 aromatic heterocycles. The monoisotopic (exact) mass is 655 g/mol. The zero-order valence-electron chi connectivity index (χ0n) is 26.7. The first kappa shape index (κ1) is 31.4. The summed E-state index contributed by atoms with van der Waals surface area (Å²) in [6, 6.07) is 15.7. The van der Waals surface area contributed by atoms with Crippen LogP contribution in [0.5, 0.6) is 23.0 Å². The minimum Gasteiger partial charge on any atom is -0.489 e. The molecule has 0 radical (unpaired) electrons. The van der Waals surface area contributed by atoms with Crippen molar-refractivity contribution in [2.24, 2.45) is 0 Å². The molecule has 3 atom stereocenters. The lowest BCUT2D eigenvalue weighted by Crippen LogP contribution is -2.44. The van der Waals surface area contributed by atoms with Crippen molar-refractivity contribution in [1.82, 2.24) is 9.80 Å². The van der Waals surface area contributed by atoms with Crippen LogP contribution in [0.15, 0.2) is 54.1 Å². The molecule has 9 nitrogen and oxygen atoms in total. The van der Waals surface area contributed by atoms with Crippen molar-refractivity contribution in [3.63, 3.8) is 0 Å². The molecule has 0 spiro atoms. The Bertz CT molecular complexity index is 1800. The van der Waals surface area contributed by atoms with Crippen LogP contribution in [0.4, 0.5) is 0 Å². The molecule has 47 heavy (non-hydrogen) atoms. The summed E-state index contributed by atoms with van der Waals surface area (Å²) in [5.41, 5.74) is 6.69. The first-order valence-electron chi connectivity index (χ1n) is 16.2. The smallest absolute Gasteiger partial charge is 0.320 e. The van der Waals surface area contributed by atoms with Gasteiger partial charge in [0.2, 0.25) is 0 Å². The largest absolute Gasteiger partial charge is 0.489 e. The van der Waals surface area contributed by atoms with Crippen molar-refractivity contribution in [2.45, 2.75) is 57.8 Å². The lowest BCUT2D eigenvalue weighted by atomic mass is 9.93. The number of aliphatic carboxylic acids is 1. The van der Waals surface area contributed by atoms with E-state index in [9.17, 15) is 15.2 Å². The molecule has 1 N–H and O–H groups in total. The molecule has 0 aliphatic carbocycles. The second-order valence-electron chi connectivity index (χ2n) is 12.8. The van der Waals surface area contributed by atoms with E-state index in [-0.39, 0.29) is 0 Å². The lowest BCUT2D eigenvalue weighted by molar-refractivity contribution is -0.144. The summed E-state index contributed by atoms with van der Waals surface area (Å²) >= 11 is 6.83. The standard InChI is InChI=1S/C37H38ClN3O6/c1-23-26(6-5-7-28(23)29-9-10-32-35(24(29)2)45-13-12-44-32)20-47-34-15-33(46-19-25-16-37(21-39)22-41(37)17-25)27(14-30(34)38)18-40-11-4-3-8-31(40)36(42)43/h5-7,9-10,14-16,31H,3-4,8,11-13,17-20,22H2,1-2H3,(H,42,43)/t31-,37?,41?/m0/s1. The molecule has 3 aromatic rings. The Hall–Kier alpha value is -4.23. The molecule has 4 aliphatic rings. The lowest BCUT2D eigenvalue weighted by Gasteiger charge is -2.33. The third kappa shape index (κ3) is 6.14. The Morgan fingerprint density at radius 3 is 2.66 bits per heavy atom. The van der Waals surface area contributed by atoms with Gasteiger partial charge in [-0.25, -0.2) is 0 Å². The number of halogens is 1. The number of hydrogen-bond acceptors (Lipinski definition) is 8. The van der Waals surface area contributed by atoms with E-state index >= 15 is 0 Å². The molecule has 4 aliphatic heterocycles. The number of rotatable bonds is 10. The minimum atomic E-state index is -0.812. The third-order valence-electron chi connectivity index (χ3n) is 9.80. The molecule has 3 aromatic carbocycles. The van der Waals surface area contributed by atoms with Crippen molar-refractivity contribution in [2.75, 3.05) is 39.5 Å². The number of fused-ring (bicyclic) bond motifs is 2. The molecule has 2 fully saturated rings. The fraction of sp³-hybridized carbons (Fsp3) is 0.405. The maximum atomic E-state index is 12.0. The van der Waals surface area contributed by atoms with E-state index in [1.54, 1.807) is 0 Å². The summed E-state index contributed by atoms with van der Waals surface area (Å²) in [6.07, 6.45) is 4.45. The van der Waals surface area contributed by atoms with Gasteiger partial charge in [0.05, 0.1) is 11.1 Å². The predicted octanol–water partition coefficient (Wildman–Crippen LogP) is 6.31. The van der Waals surface area contributed by atoms with E-state index in [0.717, 1.165) is 69.8 Å². The maximum Gasteiger partial charge on any atom is 0.320 e. The van der Waals surface area contributed by atoms with Crippen LogP contribution in [0.3, 0.4) is 0 Å². The SMILES string of the molecule is Cc1c(COc2cc(OCC3=CC4(C#N)CN4C3)c(CN3CCCC[C@H]3C(=O)O)cc2Cl)cccc1-c1ccc2c(c1C)OCCO2. The zero-order chi connectivity index (χ0) is 32.7. The average Bonchev–Trinajstić information content (AvgIpc) is 3.64. The molecule has 2 unspecified atom stereocenters. The third-order valence-corrected chi connectivity index (χ3v) is 10.1. The van der Waals surface area contributed by atoms with E-state index in [1.807, 2.05) is 41.3 Å². The van der Waals surface area contributed by atoms with E-state index in [2.05, 4.69) is 36.9 Å². The van der Waals surface area contributed by atoms with Crippen LogP contribution < -0.4 is 18.9 Å². The van der Waals surface area contributed by atoms with E-state index in [0.29, 0.717) is 69.0 Å². The number of carboxylic acids is 1. The Kier molecular flexibility index (Phi) is 8.52. The molecule has 0 saturated carbocycles. The Balaban J connectivity index is 1.14. The summed E-state index contributed by atoms with van der Waals surface area (Å²) in [5, 5.41) is 19.9. The van der Waals surface area contributed by atoms with Gasteiger partial charge < -0.3 is 24.1 Å². The van der Waals surface area contributed by atoms with Gasteiger partial charge >= 0.3 is 5.97 Å². The highest BCUT2D eigenvalue weighted by atomic mass is 35.5. The fourth-order valence-electron chi connectivity index (χ4n) is 7.07. The van der Waals surface area contributed by atoms with Crippen LogP contribution in [0, 0.1) is 25.2 Å². The Morgan fingerprint density at radius 2 is 1.85 bits per heavy atom. The van der Waals surface area contributed by atoms with Gasteiger partial charge in [-0.3, -0.25) is 14.6 Å². The summed E-state index contributed by atoms with van der Waals surface area (Å²) in [5.74, 6) is 1.83. The van der Waals surface area contributed by atoms with Crippen LogP contribution in [-0.2, 0) is 17.9 Å². The summed E-state index contributed by atoms with van der Waals surface area (Å²) < 4.78 is 24.4. The van der Waals surface area contributed by atoms with Gasteiger partial charge in [0.25, 0.3) is 0 Å². The number of carboxylic acid groups (broad SMARTS) is 1. The number of hydrogen-bond donors (Lipinski definition) is 1. The molecule has 0 bridgehead atoms. The van der Waals surface area contributed by atoms with E-state index in [4.69, 9.17) is 30.5 Å². The number of nitriles is 1. The normalized spacial score (nSPS) is 23.0. The Labute approximate surface area is 279 Å². The van der Waals surface area contributed by atoms with Crippen molar-refractivity contribution in [1.29, 1.82) is 5.26 Å². The first-order chi connectivity index (χ1) is 22.8. The highest BCUT2D eigenvalue weighted by molar-refractivity contribution is 6.32. The number of piperidine rings is 1. The van der Waals surface area contributed by atoms with Gasteiger partial charge in [-0.2, -0.15) is 5.26 Å². The summed E-state index contributed by atoms with van der Waals surface area (Å²) in [7, 11) is 0. The van der Waals surface area contributed by atoms with Crippen LogP contribution in [-0.4, -0.2) is 71.9 Å². The topological polar surface area (TPSA) is 104 Å². The minimum absolute atomic E-state index is 0.291. The van der Waals surface area contributed by atoms with Crippen LogP contribution in [0.2, 0.25) is 5.02 Å². The quantitative estimate of drug-likeness (QED) is 0.199. The van der Waals surface area contributed by atoms with Crippen molar-refractivity contribution in [3.8, 4) is 40.2 Å². The fourth-order valence-corrected chi connectivity index (χ4v) is 7.31. The second kappa shape index (κ2) is 12.8. The van der Waals surface area contributed by atoms with Gasteiger partial charge in [0.15, 0.2) is 11.5 Å². The average molecular weight is 656 g/mol. The van der Waals surface area contributed by atoms with Crippen LogP contribution >= 0.6 is 11.6 Å². The maximum absolute atomic E-state index is 12.0. The molecule has 0 amide bonds. The molecular formula is C37H38ClN3O6. The highest BCUT2D eigenvalue weighted by Crippen LogP contribution is 2.42. The van der Waals surface area contributed by atoms with Gasteiger partial charge in [-0.05, 0) is 79.3 Å². The number of ether oxygens (including phenoxy) is 4. The van der Waals surface area contributed by atoms with E-state index < -0.39 is 17.6 Å². The van der Waals surface area contributed by atoms with Crippen LogP contribution in [0.1, 0.15) is 41.5 Å². The summed E-state index contributed by atoms with van der Waals surface area (Å²) in [6.45, 7) is 8.39. The van der Waals surface area contributed by atoms with Crippen molar-refractivity contribution < 1.29 is 28.8 Å². The number of likely N-dealkylation sites (tertiary alicyclic amines) is 1. The van der Waals surface area contributed by atoms with Gasteiger partial charge in [-0.15, -0.1) is 0 Å². The van der Waals surface area contributed by atoms with Crippen LogP contribution in [0.25, 0.3) is 11.1 Å². The molecule has 2 saturated heterocycles. The summed E-state index contributed by atoms with van der Waals surface area (Å²) in [4.78, 5) is 16.1. The van der Waals surface area contributed by atoms with Crippen molar-refractivity contribution >= 4 is 17.6 Å². The number of benzene rings is 3. The predicted molar refractivity (Wildman–Crippen MR) is 177 cm³/mol. The molecule has 244 valence electrons. The van der Waals surface area contributed by atoms with Gasteiger partial charge in [0.1, 0.15) is 49.5 Å². The van der Waals surface area contributed by atoms with Gasteiger partial charge in [0, 0.05) is 36.8 Å². The first-order valence-corrected chi connectivity index (χ1v) is 16.5. The molecule has 10 heteroatoms. The van der Waals surface area contributed by atoms with Gasteiger partial charge in [-0.1, -0.05) is 42.3 Å². The second-order valence-corrected chi connectivity index (χ2v) is 13.2. The van der Waals surface area contributed by atoms with Crippen molar-refractivity contribution in [3.05, 3.63) is 81.4 Å². The molecule has 4 heterocycles. The number of carbonyl (C=O) groups is 1. The molecular weight excluding hydrogens is 618 g/mol. The number of nitrogens with zero attached hydrogens (tertiary/aromatic N) is 3. The highest BCUT2D eigenvalue weighted by Gasteiger charge is 2.55. The molecule has 7 rings (SSSR count). The van der Waals surface area contributed by atoms with E-state index in [1.165, 1.54) is 0 Å².